The van der Waals surface area contributed by atoms with Crippen molar-refractivity contribution < 1.29 is 65.1 Å². The van der Waals surface area contributed by atoms with E-state index in [1.807, 2.05) is 137 Å². The fourth-order valence-corrected chi connectivity index (χ4v) is 33.5. The molecular weight excluding hydrogens is 2070 g/mol. The molecule has 5 aromatic rings. The highest BCUT2D eigenvalue weighted by atomic mass is 31.2. The van der Waals surface area contributed by atoms with Crippen LogP contribution in [0.15, 0.2) is 98.0 Å². The van der Waals surface area contributed by atoms with Crippen LogP contribution in [0.25, 0.3) is 0 Å². The number of aryl methyl sites for hydroxylation is 5. The molecule has 0 radical (unpaired) electrons. The van der Waals surface area contributed by atoms with Crippen LogP contribution in [0.4, 0.5) is 9.59 Å². The lowest BCUT2D eigenvalue weighted by molar-refractivity contribution is -0.128. The highest BCUT2D eigenvalue weighted by Gasteiger charge is 2.36. The molecule has 45 heteroatoms. The lowest BCUT2D eigenvalue weighted by Gasteiger charge is -2.40. The van der Waals surface area contributed by atoms with Gasteiger partial charge >= 0.3 is 12.1 Å². The SMILES string of the molecule is CC(=O)N1CCP(C)(=O)CC1.CCN1CCP(C)(=O)CC1.CN(C)C(=O)N1CCP(C)(=O)CC1.CN1CCC(N2CCP(C)(=O)CC2)CC1.CN1CCP(C)(=O)CC1.CNC(=O)N1CCP(C)(=O)CC1.CP1(=O)CCN(C2CC2)CC1.CP1(=O)CCN(CCO)CC1.CP1(=O)CCN(Cc2ccccc2)CC1.CP1(=O)CCNCC1.Cc1ccccn1.Cc1cnn(C)c1.Cc1cnn(C2CCNCC2)c1.Cc1ncccn1. The van der Waals surface area contributed by atoms with Gasteiger partial charge in [-0.3, -0.25) is 33.8 Å². The average molecular weight is 2260 g/mol. The van der Waals surface area contributed by atoms with Gasteiger partial charge in [-0.15, -0.1) is 0 Å². The smallest absolute Gasteiger partial charge is 0.319 e. The van der Waals surface area contributed by atoms with Crippen LogP contribution in [0.1, 0.15) is 86.6 Å². The molecule has 13 aliphatic rings. The van der Waals surface area contributed by atoms with Crippen LogP contribution in [-0.2, 0) is 64.0 Å². The van der Waals surface area contributed by atoms with Gasteiger partial charge in [-0.2, -0.15) is 10.2 Å². The number of aromatic nitrogens is 7. The van der Waals surface area contributed by atoms with Gasteiger partial charge in [-0.05, 0) is 215 Å². The Bertz CT molecular complexity index is 4980. The third kappa shape index (κ3) is 60.3. The quantitative estimate of drug-likeness (QED) is 0.105. The zero-order chi connectivity index (χ0) is 110. The van der Waals surface area contributed by atoms with E-state index in [9.17, 15) is 60.0 Å². The molecule has 0 bridgehead atoms. The molecule has 5 amide bonds. The number of aliphatic hydroxyl groups is 1. The summed E-state index contributed by atoms with van der Waals surface area (Å²) in [4.78, 5) is 68.6. The van der Waals surface area contributed by atoms with Crippen LogP contribution in [0.5, 0.6) is 0 Å². The van der Waals surface area contributed by atoms with Gasteiger partial charge in [0.2, 0.25) is 5.91 Å². The summed E-state index contributed by atoms with van der Waals surface area (Å²) in [6, 6.07) is 20.4. The second kappa shape index (κ2) is 67.8. The van der Waals surface area contributed by atoms with Crippen molar-refractivity contribution in [3.05, 3.63) is 126 Å². The Morgan fingerprint density at radius 1 is 0.392 bits per heavy atom. The molecule has 1 aromatic carbocycles. The van der Waals surface area contributed by atoms with Crippen LogP contribution in [-0.4, -0.2) is 525 Å². The van der Waals surface area contributed by atoms with Crippen molar-refractivity contribution in [3.8, 4) is 0 Å². The molecule has 148 heavy (non-hydrogen) atoms. The first kappa shape index (κ1) is 134. The molecule has 4 aromatic heterocycles. The molecule has 0 unspecified atom stereocenters. The number of carbonyl (C=O) groups excluding carboxylic acids is 3. The zero-order valence-corrected chi connectivity index (χ0v) is 104. The Morgan fingerprint density at radius 3 is 1.07 bits per heavy atom. The average Bonchev–Trinajstić information content (AvgIpc) is 1.81. The standard InChI is InChI=1S/C12H18NOP.C11H23N2OP.C9H15N3.C8H17N2O2P.C8H16NOP.C7H15N2O2P.C7H14NO2P.C7H16NO2P.C7H16NOP.C6H14NOP.C6H7N.C5H8N2.C5H6N2.C5H12NOP/c1-15(14)9-7-13(8-10-15)11-12-5-3-2-4-6-12;1-12-5-3-11(4-6-12)13-7-9-15(2,14)10-8-13;1-8-6-11-12(7-8)9-2-4-10-5-3-9;1-9(2)8(11)10-4-6-13(3,12)7-5-10;1-11(10)6-4-9(5-7-11)8-2-3-8;1-8-7(10)9-3-5-12(2,11)6-4-9;1-7(9)8-3-5-11(2,10)6-4-8;1-11(10)6-3-8(2-5-9)4-7-11;1-3-8-4-6-10(2,9)7-5-8;1-7-3-5-9(2,8)6-4-7;1-6-4-2-3-5-7-6;1-5-3-6-7(2)4-5;1-5-6-3-2-4-7-5;1-8(7)4-2-6-3-5-8/h2-6H,7-11H2,1H3;11H,3-10H2,1-2H3;6-7,9-10H,2-5H2,1H3;4-7H2,1-3H3;8H,2-7H2,1H3;3-6H2,1-2H3,(H,8,10);3-6H2,1-2H3;9H,2-7H2,1H3;3-7H2,1-2H3;3-6H2,1-2H3;2-5H,1H3;3-4H,1-2H3;2-4H,1H3;6H,2-5H2,1H3. The summed E-state index contributed by atoms with van der Waals surface area (Å²) in [6.45, 7) is 56.5. The van der Waals surface area contributed by atoms with Gasteiger partial charge < -0.3 is 106 Å². The van der Waals surface area contributed by atoms with Gasteiger partial charge in [0.25, 0.3) is 0 Å². The van der Waals surface area contributed by atoms with Crippen molar-refractivity contribution in [1.82, 2.24) is 104 Å². The number of hydrogen-bond donors (Lipinski definition) is 4. The fraction of sp³-hybridized carbons (Fsp3) is 0.767. The van der Waals surface area contributed by atoms with Crippen molar-refractivity contribution in [3.63, 3.8) is 0 Å². The Kier molecular flexibility index (Phi) is 61.5. The van der Waals surface area contributed by atoms with Gasteiger partial charge in [0.15, 0.2) is 0 Å². The van der Waals surface area contributed by atoms with Crippen molar-refractivity contribution in [2.24, 2.45) is 7.05 Å². The van der Waals surface area contributed by atoms with Gasteiger partial charge in [0.05, 0.1) is 96.5 Å². The van der Waals surface area contributed by atoms with Crippen molar-refractivity contribution in [2.45, 2.75) is 105 Å². The number of β-amino-alcohol motifs (C(OH)–C–C–N with tert-alkyl or cyclic N) is 1. The maximum Gasteiger partial charge on any atom is 0.319 e. The summed E-state index contributed by atoms with van der Waals surface area (Å²) >= 11 is 0. The number of aliphatic hydroxyl groups excluding tert-OH is 1. The predicted octanol–water partition coefficient (Wildman–Crippen LogP) is 14.9. The molecule has 13 fully saturated rings. The van der Waals surface area contributed by atoms with E-state index >= 15 is 0 Å². The molecule has 1 saturated carbocycles. The minimum Gasteiger partial charge on any atom is -0.395 e. The lowest BCUT2D eigenvalue weighted by Crippen LogP contribution is -2.47. The maximum absolute atomic E-state index is 11.9. The van der Waals surface area contributed by atoms with E-state index in [0.717, 1.165) is 234 Å². The van der Waals surface area contributed by atoms with Gasteiger partial charge in [-0.1, -0.05) is 43.3 Å². The zero-order valence-electron chi connectivity index (χ0n) is 94.9. The number of hydrogen-bond acceptors (Lipinski definition) is 28. The minimum atomic E-state index is -1.91. The number of urea groups is 2. The Hall–Kier alpha value is -4.22. The number of rotatable bonds is 8. The minimum absolute atomic E-state index is 0.0275. The van der Waals surface area contributed by atoms with Crippen LogP contribution in [0, 0.1) is 27.7 Å². The van der Waals surface area contributed by atoms with E-state index in [2.05, 4.69) is 138 Å². The van der Waals surface area contributed by atoms with Crippen LogP contribution in [0.2, 0.25) is 0 Å². The monoisotopic (exact) mass is 2260 g/mol. The Balaban J connectivity index is 0.000000282. The van der Waals surface area contributed by atoms with Crippen LogP contribution >= 0.6 is 71.4 Å². The molecule has 18 rings (SSSR count). The van der Waals surface area contributed by atoms with Gasteiger partial charge in [0.1, 0.15) is 5.82 Å². The molecule has 35 nitrogen and oxygen atoms in total. The molecular formula is C103H197N21O14P10. The van der Waals surface area contributed by atoms with E-state index in [1.165, 1.54) is 68.3 Å². The van der Waals surface area contributed by atoms with E-state index < -0.39 is 71.4 Å². The highest BCUT2D eigenvalue weighted by Crippen LogP contribution is 2.50. The van der Waals surface area contributed by atoms with Crippen molar-refractivity contribution >= 4 is 89.4 Å². The van der Waals surface area contributed by atoms with E-state index in [4.69, 9.17) is 5.11 Å². The highest BCUT2D eigenvalue weighted by molar-refractivity contribution is 7.66. The first-order valence-corrected chi connectivity index (χ1v) is 79.0. The van der Waals surface area contributed by atoms with Gasteiger partial charge in [0, 0.05) is 351 Å². The van der Waals surface area contributed by atoms with Crippen LogP contribution in [0.3, 0.4) is 0 Å². The lowest BCUT2D eigenvalue weighted by atomic mass is 10.0. The summed E-state index contributed by atoms with van der Waals surface area (Å²) in [5.41, 5.74) is 4.89. The molecule has 848 valence electrons. The number of nitrogens with one attached hydrogen (secondary N) is 3. The second-order valence-corrected chi connectivity index (χ2v) is 79.1. The molecule has 4 N–H and O–H groups in total. The number of carbonyl (C=O) groups is 3. The summed E-state index contributed by atoms with van der Waals surface area (Å²) in [6.07, 6.45) is 37.7. The van der Waals surface area contributed by atoms with Gasteiger partial charge in [-0.25, -0.2) is 19.6 Å². The maximum atomic E-state index is 11.9. The number of pyridine rings is 1. The molecule has 0 spiro atoms. The number of likely N-dealkylation sites (tertiary alicyclic amines) is 1. The normalized spacial score (nSPS) is 22.8. The summed E-state index contributed by atoms with van der Waals surface area (Å²) < 4.78 is 119. The van der Waals surface area contributed by atoms with E-state index in [-0.39, 0.29) is 24.6 Å². The summed E-state index contributed by atoms with van der Waals surface area (Å²) in [7, 11) is -6.33. The topological polar surface area (TPSA) is 388 Å². The summed E-state index contributed by atoms with van der Waals surface area (Å²) in [5.74, 6) is 0.923. The van der Waals surface area contributed by atoms with E-state index in [0.29, 0.717) is 82.3 Å². The van der Waals surface area contributed by atoms with Crippen LogP contribution < -0.4 is 16.0 Å². The predicted molar refractivity (Wildman–Crippen MR) is 628 cm³/mol. The number of piperidine rings is 2. The third-order valence-corrected chi connectivity index (χ3v) is 52.0. The Labute approximate surface area is 893 Å². The largest absolute Gasteiger partial charge is 0.395 e. The molecule has 12 saturated heterocycles. The third-order valence-electron chi connectivity index (χ3n) is 29.0. The molecule has 0 atom stereocenters. The number of nitrogens with zero attached hydrogens (tertiary/aromatic N) is 18. The second-order valence-electron chi connectivity index (χ2n) is 44.2. The summed E-state index contributed by atoms with van der Waals surface area (Å²) in [5, 5.41) is 26.0. The molecule has 12 aliphatic heterocycles. The Morgan fingerprint density at radius 2 is 0.750 bits per heavy atom. The molecule has 16 heterocycles. The first-order valence-electron chi connectivity index (χ1n) is 53.8. The van der Waals surface area contributed by atoms with Crippen molar-refractivity contribution in [2.75, 3.05) is 402 Å². The fourth-order valence-electron chi connectivity index (χ4n) is 17.5. The van der Waals surface area contributed by atoms with Crippen molar-refractivity contribution in [1.29, 1.82) is 0 Å². The molecule has 1 aliphatic carbocycles. The number of benzene rings is 1. The number of amides is 5. The first-order chi connectivity index (χ1) is 69.4. The van der Waals surface area contributed by atoms with E-state index in [1.54, 1.807) is 77.0 Å².